The third-order valence-electron chi connectivity index (χ3n) is 3.48. The van der Waals surface area contributed by atoms with E-state index in [9.17, 15) is 21.2 Å². The van der Waals surface area contributed by atoms with E-state index in [0.717, 1.165) is 30.3 Å². The van der Waals surface area contributed by atoms with Gasteiger partial charge < -0.3 is 4.74 Å². The maximum Gasteiger partial charge on any atom is 0.240 e. The van der Waals surface area contributed by atoms with Crippen molar-refractivity contribution in [1.82, 2.24) is 4.72 Å². The molecule has 0 aromatic heterocycles. The number of benzene rings is 2. The van der Waals surface area contributed by atoms with Crippen molar-refractivity contribution in [2.24, 2.45) is 0 Å². The van der Waals surface area contributed by atoms with E-state index < -0.39 is 25.7 Å². The highest BCUT2D eigenvalue weighted by Gasteiger charge is 2.23. The Morgan fingerprint density at radius 3 is 2.20 bits per heavy atom. The van der Waals surface area contributed by atoms with E-state index in [0.29, 0.717) is 5.56 Å². The van der Waals surface area contributed by atoms with Crippen LogP contribution in [-0.2, 0) is 24.6 Å². The molecule has 0 atom stereocenters. The lowest BCUT2D eigenvalue weighted by Gasteiger charge is -2.11. The molecule has 1 N–H and O–H groups in total. The van der Waals surface area contributed by atoms with E-state index in [4.69, 9.17) is 4.74 Å². The lowest BCUT2D eigenvalue weighted by Crippen LogP contribution is -2.28. The number of hydrogen-bond donors (Lipinski definition) is 1. The average molecular weight is 387 g/mol. The van der Waals surface area contributed by atoms with Crippen molar-refractivity contribution in [1.29, 1.82) is 0 Å². The van der Waals surface area contributed by atoms with Crippen molar-refractivity contribution >= 4 is 19.9 Å². The van der Waals surface area contributed by atoms with Crippen LogP contribution < -0.4 is 4.72 Å². The second kappa shape index (κ2) is 7.61. The molecule has 0 aliphatic carbocycles. The summed E-state index contributed by atoms with van der Waals surface area (Å²) in [5.41, 5.74) is 0.406. The Balaban J connectivity index is 2.46. The largest absolute Gasteiger partial charge is 0.383 e. The normalized spacial score (nSPS) is 12.3. The van der Waals surface area contributed by atoms with Gasteiger partial charge in [-0.1, -0.05) is 6.07 Å². The Morgan fingerprint density at radius 2 is 1.60 bits per heavy atom. The monoisotopic (exact) mass is 387 g/mol. The SMILES string of the molecule is COCCNS(=O)(=O)c1cc(S(=O)(=O)c2ccc(F)cc2)ccc1C. The van der Waals surface area contributed by atoms with E-state index in [2.05, 4.69) is 4.72 Å². The molecule has 0 saturated heterocycles. The Hall–Kier alpha value is -1.81. The zero-order valence-electron chi connectivity index (χ0n) is 13.7. The molecule has 2 rings (SSSR count). The van der Waals surface area contributed by atoms with Crippen LogP contribution in [0.4, 0.5) is 4.39 Å². The summed E-state index contributed by atoms with van der Waals surface area (Å²) in [5, 5.41) is 0. The van der Waals surface area contributed by atoms with Gasteiger partial charge in [0.25, 0.3) is 0 Å². The predicted molar refractivity (Wildman–Crippen MR) is 90.1 cm³/mol. The summed E-state index contributed by atoms with van der Waals surface area (Å²) in [6.45, 7) is 1.82. The summed E-state index contributed by atoms with van der Waals surface area (Å²) in [6.07, 6.45) is 0. The van der Waals surface area contributed by atoms with Crippen molar-refractivity contribution in [3.8, 4) is 0 Å². The molecular weight excluding hydrogens is 369 g/mol. The molecule has 0 bridgehead atoms. The van der Waals surface area contributed by atoms with Gasteiger partial charge >= 0.3 is 0 Å². The number of aryl methyl sites for hydroxylation is 1. The molecule has 0 heterocycles. The summed E-state index contributed by atoms with van der Waals surface area (Å²) in [6, 6.07) is 8.17. The summed E-state index contributed by atoms with van der Waals surface area (Å²) in [4.78, 5) is -0.433. The van der Waals surface area contributed by atoms with Gasteiger partial charge in [0.15, 0.2) is 0 Å². The smallest absolute Gasteiger partial charge is 0.240 e. The lowest BCUT2D eigenvalue weighted by atomic mass is 10.2. The first kappa shape index (κ1) is 19.5. The minimum atomic E-state index is -3.96. The molecule has 2 aromatic rings. The van der Waals surface area contributed by atoms with Crippen LogP contribution in [0.2, 0.25) is 0 Å². The number of ether oxygens (including phenoxy) is 1. The van der Waals surface area contributed by atoms with Gasteiger partial charge in [0, 0.05) is 13.7 Å². The van der Waals surface area contributed by atoms with Crippen LogP contribution in [0.3, 0.4) is 0 Å². The van der Waals surface area contributed by atoms with Crippen molar-refractivity contribution < 1.29 is 26.0 Å². The number of sulfone groups is 1. The van der Waals surface area contributed by atoms with Crippen LogP contribution in [0.25, 0.3) is 0 Å². The molecule has 9 heteroatoms. The van der Waals surface area contributed by atoms with Crippen LogP contribution in [0.5, 0.6) is 0 Å². The molecule has 0 aliphatic heterocycles. The first-order valence-electron chi connectivity index (χ1n) is 7.28. The summed E-state index contributed by atoms with van der Waals surface area (Å²) in [5.74, 6) is -0.562. The van der Waals surface area contributed by atoms with Crippen molar-refractivity contribution in [3.63, 3.8) is 0 Å². The molecule has 2 aromatic carbocycles. The molecule has 0 unspecified atom stereocenters. The second-order valence-corrected chi connectivity index (χ2v) is 8.96. The third kappa shape index (κ3) is 4.43. The number of rotatable bonds is 7. The second-order valence-electron chi connectivity index (χ2n) is 5.28. The van der Waals surface area contributed by atoms with Gasteiger partial charge in [-0.15, -0.1) is 0 Å². The highest BCUT2D eigenvalue weighted by Crippen LogP contribution is 2.25. The van der Waals surface area contributed by atoms with Gasteiger partial charge in [0.05, 0.1) is 21.3 Å². The number of nitrogens with one attached hydrogen (secondary N) is 1. The first-order chi connectivity index (χ1) is 11.7. The molecule has 0 aliphatic rings. The van der Waals surface area contributed by atoms with Gasteiger partial charge in [-0.05, 0) is 48.9 Å². The summed E-state index contributed by atoms with van der Waals surface area (Å²) in [7, 11) is -6.41. The highest BCUT2D eigenvalue weighted by atomic mass is 32.2. The van der Waals surface area contributed by atoms with Crippen LogP contribution in [0.1, 0.15) is 5.56 Å². The Bertz CT molecular complexity index is 955. The first-order valence-corrected chi connectivity index (χ1v) is 10.2. The van der Waals surface area contributed by atoms with Crippen molar-refractivity contribution in [2.45, 2.75) is 21.6 Å². The number of sulfonamides is 1. The number of halogens is 1. The van der Waals surface area contributed by atoms with Crippen molar-refractivity contribution in [2.75, 3.05) is 20.3 Å². The average Bonchev–Trinajstić information content (AvgIpc) is 2.55. The van der Waals surface area contributed by atoms with Gasteiger partial charge in [0.1, 0.15) is 5.82 Å². The Morgan fingerprint density at radius 1 is 1.00 bits per heavy atom. The molecule has 0 spiro atoms. The van der Waals surface area contributed by atoms with Gasteiger partial charge in [-0.25, -0.2) is 25.9 Å². The fraction of sp³-hybridized carbons (Fsp3) is 0.250. The molecule has 0 fully saturated rings. The molecule has 0 radical (unpaired) electrons. The summed E-state index contributed by atoms with van der Waals surface area (Å²) < 4.78 is 70.2. The Kier molecular flexibility index (Phi) is 5.94. The zero-order valence-corrected chi connectivity index (χ0v) is 15.3. The van der Waals surface area contributed by atoms with E-state index in [1.807, 2.05) is 0 Å². The van der Waals surface area contributed by atoms with Crippen LogP contribution in [-0.4, -0.2) is 37.1 Å². The predicted octanol–water partition coefficient (Wildman–Crippen LogP) is 1.89. The molecule has 0 amide bonds. The Labute approximate surface area is 146 Å². The van der Waals surface area contributed by atoms with Crippen LogP contribution in [0.15, 0.2) is 57.2 Å². The van der Waals surface area contributed by atoms with Crippen LogP contribution in [0, 0.1) is 12.7 Å². The van der Waals surface area contributed by atoms with Gasteiger partial charge in [-0.3, -0.25) is 0 Å². The molecular formula is C16H18FNO5S2. The van der Waals surface area contributed by atoms with Gasteiger partial charge in [-0.2, -0.15) is 0 Å². The number of hydrogen-bond acceptors (Lipinski definition) is 5. The van der Waals surface area contributed by atoms with E-state index in [1.54, 1.807) is 6.92 Å². The fourth-order valence-corrected chi connectivity index (χ4v) is 4.79. The molecule has 25 heavy (non-hydrogen) atoms. The molecule has 136 valence electrons. The molecule has 0 saturated carbocycles. The minimum Gasteiger partial charge on any atom is -0.383 e. The third-order valence-corrected chi connectivity index (χ3v) is 6.85. The van der Waals surface area contributed by atoms with Crippen LogP contribution >= 0.6 is 0 Å². The molecule has 6 nitrogen and oxygen atoms in total. The fourth-order valence-electron chi connectivity index (χ4n) is 2.14. The quantitative estimate of drug-likeness (QED) is 0.579. The van der Waals surface area contributed by atoms with Crippen molar-refractivity contribution in [3.05, 3.63) is 53.8 Å². The standard InChI is InChI=1S/C16H18FNO5S2/c1-12-3-6-15(11-16(12)25(21,22)18-9-10-23-2)24(19,20)14-7-4-13(17)5-8-14/h3-8,11,18H,9-10H2,1-2H3. The minimum absolute atomic E-state index is 0.0627. The maximum absolute atomic E-state index is 13.0. The van der Waals surface area contributed by atoms with E-state index >= 15 is 0 Å². The lowest BCUT2D eigenvalue weighted by molar-refractivity contribution is 0.204. The highest BCUT2D eigenvalue weighted by molar-refractivity contribution is 7.91. The summed E-state index contributed by atoms with van der Waals surface area (Å²) >= 11 is 0. The topological polar surface area (TPSA) is 89.5 Å². The van der Waals surface area contributed by atoms with Gasteiger partial charge in [0.2, 0.25) is 19.9 Å². The van der Waals surface area contributed by atoms with E-state index in [-0.39, 0.29) is 27.8 Å². The number of methoxy groups -OCH3 is 1. The zero-order chi connectivity index (χ0) is 18.7. The maximum atomic E-state index is 13.0. The van der Waals surface area contributed by atoms with E-state index in [1.165, 1.54) is 19.2 Å².